The molecule has 1 aliphatic rings. The van der Waals surface area contributed by atoms with Crippen LogP contribution in [0.1, 0.15) is 60.3 Å². The number of hydrogen-bond acceptors (Lipinski definition) is 0. The van der Waals surface area contributed by atoms with E-state index in [1.165, 1.54) is 25.7 Å². The predicted octanol–water partition coefficient (Wildman–Crippen LogP) is 4.49. The summed E-state index contributed by atoms with van der Waals surface area (Å²) in [5.41, 5.74) is 0. The van der Waals surface area contributed by atoms with Crippen molar-refractivity contribution in [1.82, 2.24) is 0 Å². The highest BCUT2D eigenvalue weighted by Gasteiger charge is 2.20. The summed E-state index contributed by atoms with van der Waals surface area (Å²) in [6.07, 6.45) is 5.92. The summed E-state index contributed by atoms with van der Waals surface area (Å²) in [6.45, 7) is 11.1. The van der Waals surface area contributed by atoms with Gasteiger partial charge in [-0.05, 0) is 24.2 Å². The molecule has 2 atom stereocenters. The van der Waals surface area contributed by atoms with Gasteiger partial charge in [0.25, 0.3) is 0 Å². The molecule has 1 saturated carbocycles. The monoisotopic (exact) mass is 170 g/mol. The van der Waals surface area contributed by atoms with Gasteiger partial charge in [0.2, 0.25) is 0 Å². The van der Waals surface area contributed by atoms with E-state index in [0.717, 1.165) is 17.8 Å². The van der Waals surface area contributed by atoms with Crippen molar-refractivity contribution < 1.29 is 0 Å². The van der Waals surface area contributed by atoms with Crippen molar-refractivity contribution >= 4 is 0 Å². The Morgan fingerprint density at radius 2 is 1.67 bits per heavy atom. The fraction of sp³-hybridized carbons (Fsp3) is 1.00. The molecule has 1 unspecified atom stereocenters. The predicted molar refractivity (Wildman–Crippen MR) is 57.3 cm³/mol. The van der Waals surface area contributed by atoms with Crippen molar-refractivity contribution in [3.8, 4) is 0 Å². The van der Waals surface area contributed by atoms with Gasteiger partial charge in [0.15, 0.2) is 0 Å². The van der Waals surface area contributed by atoms with Gasteiger partial charge in [0.05, 0.1) is 0 Å². The summed E-state index contributed by atoms with van der Waals surface area (Å²) in [6, 6.07) is 0. The van der Waals surface area contributed by atoms with Gasteiger partial charge in [-0.3, -0.25) is 0 Å². The normalized spacial score (nSPS) is 29.5. The first-order chi connectivity index (χ1) is 5.70. The van der Waals surface area contributed by atoms with Crippen LogP contribution < -0.4 is 0 Å². The lowest BCUT2D eigenvalue weighted by Crippen LogP contribution is -2.17. The molecule has 1 aliphatic carbocycles. The molecule has 0 saturated heterocycles. The number of hydrogen-bond donors (Lipinski definition) is 0. The van der Waals surface area contributed by atoms with Crippen LogP contribution in [-0.4, -0.2) is 0 Å². The summed E-state index contributed by atoms with van der Waals surface area (Å²) < 4.78 is 0. The highest BCUT2D eigenvalue weighted by molar-refractivity contribution is 4.72. The van der Waals surface area contributed by atoms with Crippen LogP contribution in [-0.2, 0) is 0 Å². The number of rotatable bonds is 1. The molecule has 0 N–H and O–H groups in total. The minimum atomic E-state index is 0.919. The fourth-order valence-electron chi connectivity index (χ4n) is 2.09. The maximum atomic E-state index is 2.40. The van der Waals surface area contributed by atoms with Crippen LogP contribution in [0.4, 0.5) is 0 Å². The average molecular weight is 170 g/mol. The zero-order chi connectivity index (χ0) is 9.56. The molecule has 0 nitrogen and oxygen atoms in total. The molecule has 74 valence electrons. The summed E-state index contributed by atoms with van der Waals surface area (Å²) >= 11 is 0. The molecule has 1 rings (SSSR count). The Bertz CT molecular complexity index is 94.2. The van der Waals surface area contributed by atoms with Gasteiger partial charge >= 0.3 is 0 Å². The van der Waals surface area contributed by atoms with Crippen LogP contribution in [0.2, 0.25) is 0 Å². The van der Waals surface area contributed by atoms with Crippen molar-refractivity contribution in [3.63, 3.8) is 0 Å². The zero-order valence-corrected chi connectivity index (χ0v) is 9.56. The maximum Gasteiger partial charge on any atom is -0.0389 e. The van der Waals surface area contributed by atoms with Gasteiger partial charge in [0.1, 0.15) is 0 Å². The van der Waals surface area contributed by atoms with Crippen molar-refractivity contribution in [2.24, 2.45) is 17.8 Å². The minimum absolute atomic E-state index is 0.919. The van der Waals surface area contributed by atoms with E-state index in [0.29, 0.717) is 0 Å². The van der Waals surface area contributed by atoms with Crippen LogP contribution in [0.15, 0.2) is 0 Å². The third-order valence-corrected chi connectivity index (χ3v) is 2.92. The summed E-state index contributed by atoms with van der Waals surface area (Å²) in [4.78, 5) is 0. The van der Waals surface area contributed by atoms with Gasteiger partial charge in [-0.2, -0.15) is 0 Å². The third kappa shape index (κ3) is 4.13. The first-order valence-corrected chi connectivity index (χ1v) is 5.70. The Labute approximate surface area is 78.8 Å². The van der Waals surface area contributed by atoms with Gasteiger partial charge in [0, 0.05) is 0 Å². The maximum absolute atomic E-state index is 2.40. The molecule has 0 heterocycles. The molecule has 12 heavy (non-hydrogen) atoms. The molecule has 1 fully saturated rings. The highest BCUT2D eigenvalue weighted by Crippen LogP contribution is 2.32. The molecule has 0 amide bonds. The van der Waals surface area contributed by atoms with E-state index in [1.807, 2.05) is 13.8 Å². The molecule has 0 aromatic rings. The van der Waals surface area contributed by atoms with E-state index in [-0.39, 0.29) is 0 Å². The Hall–Kier alpha value is 0. The lowest BCUT2D eigenvalue weighted by Gasteiger charge is -2.29. The van der Waals surface area contributed by atoms with E-state index in [9.17, 15) is 0 Å². The molecule has 0 aromatic heterocycles. The molecular formula is C12H26. The molecule has 0 aromatic carbocycles. The van der Waals surface area contributed by atoms with E-state index < -0.39 is 0 Å². The average Bonchev–Trinajstić information content (AvgIpc) is 2.08. The van der Waals surface area contributed by atoms with Crippen LogP contribution in [0, 0.1) is 17.8 Å². The topological polar surface area (TPSA) is 0 Å². The molecule has 0 spiro atoms. The van der Waals surface area contributed by atoms with Gasteiger partial charge < -0.3 is 0 Å². The largest absolute Gasteiger partial charge is 0.0683 e. The van der Waals surface area contributed by atoms with E-state index in [4.69, 9.17) is 0 Å². The fourth-order valence-corrected chi connectivity index (χ4v) is 2.09. The first-order valence-electron chi connectivity index (χ1n) is 5.70. The molecule has 0 aliphatic heterocycles. The summed E-state index contributed by atoms with van der Waals surface area (Å²) in [7, 11) is 0. The molecule has 0 heteroatoms. The van der Waals surface area contributed by atoms with E-state index in [2.05, 4.69) is 20.8 Å². The molecule has 0 radical (unpaired) electrons. The highest BCUT2D eigenvalue weighted by atomic mass is 14.3. The van der Waals surface area contributed by atoms with Gasteiger partial charge in [-0.1, -0.05) is 53.9 Å². The molecule has 0 bridgehead atoms. The van der Waals surface area contributed by atoms with Crippen LogP contribution >= 0.6 is 0 Å². The first kappa shape index (κ1) is 12.0. The summed E-state index contributed by atoms with van der Waals surface area (Å²) in [5, 5.41) is 0. The van der Waals surface area contributed by atoms with Gasteiger partial charge in [-0.15, -0.1) is 0 Å². The van der Waals surface area contributed by atoms with Crippen LogP contribution in [0.25, 0.3) is 0 Å². The summed E-state index contributed by atoms with van der Waals surface area (Å²) in [5.74, 6) is 2.95. The van der Waals surface area contributed by atoms with Crippen LogP contribution in [0.5, 0.6) is 0 Å². The minimum Gasteiger partial charge on any atom is -0.0683 e. The second-order valence-corrected chi connectivity index (χ2v) is 4.28. The van der Waals surface area contributed by atoms with E-state index >= 15 is 0 Å². The zero-order valence-electron chi connectivity index (χ0n) is 9.56. The smallest absolute Gasteiger partial charge is 0.0389 e. The molecular weight excluding hydrogens is 144 g/mol. The Morgan fingerprint density at radius 3 is 2.00 bits per heavy atom. The Balaban J connectivity index is 0.000000561. The van der Waals surface area contributed by atoms with E-state index in [1.54, 1.807) is 0 Å². The van der Waals surface area contributed by atoms with Crippen molar-refractivity contribution in [2.45, 2.75) is 60.3 Å². The van der Waals surface area contributed by atoms with Crippen LogP contribution in [0.3, 0.4) is 0 Å². The lowest BCUT2D eigenvalue weighted by atomic mass is 9.77. The van der Waals surface area contributed by atoms with Crippen molar-refractivity contribution in [2.75, 3.05) is 0 Å². The second kappa shape index (κ2) is 6.51. The SMILES string of the molecule is CC.CC(C)C1CCC[C@H](C)C1. The van der Waals surface area contributed by atoms with Crippen molar-refractivity contribution in [1.29, 1.82) is 0 Å². The Kier molecular flexibility index (Phi) is 6.51. The third-order valence-electron chi connectivity index (χ3n) is 2.92. The second-order valence-electron chi connectivity index (χ2n) is 4.28. The standard InChI is InChI=1S/C10H20.C2H6/c1-8(2)10-6-4-5-9(3)7-10;1-2/h8-10H,4-7H2,1-3H3;1-2H3/t9-,10?;/m0./s1. The quantitative estimate of drug-likeness (QED) is 0.543. The Morgan fingerprint density at radius 1 is 1.08 bits per heavy atom. The van der Waals surface area contributed by atoms with Crippen molar-refractivity contribution in [3.05, 3.63) is 0 Å². The lowest BCUT2D eigenvalue weighted by molar-refractivity contribution is 0.226. The van der Waals surface area contributed by atoms with Gasteiger partial charge in [-0.25, -0.2) is 0 Å².